The van der Waals surface area contributed by atoms with Crippen LogP contribution >= 0.6 is 0 Å². The molecule has 0 radical (unpaired) electrons. The summed E-state index contributed by atoms with van der Waals surface area (Å²) in [5, 5.41) is 6.11. The van der Waals surface area contributed by atoms with Gasteiger partial charge in [-0.2, -0.15) is 0 Å². The molecule has 1 saturated heterocycles. The Bertz CT molecular complexity index is 372. The highest BCUT2D eigenvalue weighted by atomic mass is 16.5. The van der Waals surface area contributed by atoms with Gasteiger partial charge in [0, 0.05) is 13.2 Å². The van der Waals surface area contributed by atoms with Crippen molar-refractivity contribution in [1.29, 1.82) is 0 Å². The topological polar surface area (TPSA) is 63.5 Å². The molecule has 1 amide bonds. The smallest absolute Gasteiger partial charge is 0.237 e. The Hall–Kier alpha value is -1.33. The van der Waals surface area contributed by atoms with E-state index in [1.54, 1.807) is 6.26 Å². The van der Waals surface area contributed by atoms with Gasteiger partial charge in [0.25, 0.3) is 0 Å². The van der Waals surface area contributed by atoms with E-state index in [1.807, 2.05) is 19.1 Å². The van der Waals surface area contributed by atoms with Gasteiger partial charge < -0.3 is 19.8 Å². The molecule has 0 saturated carbocycles. The maximum Gasteiger partial charge on any atom is 0.237 e. The molecule has 1 aliphatic heterocycles. The molecule has 0 aromatic carbocycles. The molecule has 0 bridgehead atoms. The summed E-state index contributed by atoms with van der Waals surface area (Å²) in [6.07, 6.45) is 3.89. The van der Waals surface area contributed by atoms with Crippen molar-refractivity contribution in [2.24, 2.45) is 5.92 Å². The predicted octanol–water partition coefficient (Wildman–Crippen LogP) is 1.30. The molecule has 1 fully saturated rings. The van der Waals surface area contributed by atoms with Gasteiger partial charge in [-0.05, 0) is 37.8 Å². The van der Waals surface area contributed by atoms with Crippen LogP contribution in [0.5, 0.6) is 0 Å². The lowest BCUT2D eigenvalue weighted by molar-refractivity contribution is -0.123. The van der Waals surface area contributed by atoms with Crippen LogP contribution in [0.4, 0.5) is 0 Å². The van der Waals surface area contributed by atoms with Crippen LogP contribution < -0.4 is 10.6 Å². The zero-order chi connectivity index (χ0) is 13.5. The summed E-state index contributed by atoms with van der Waals surface area (Å²) in [5.74, 6) is 1.28. The minimum atomic E-state index is -0.197. The van der Waals surface area contributed by atoms with E-state index in [4.69, 9.17) is 9.15 Å². The van der Waals surface area contributed by atoms with Crippen LogP contribution in [-0.2, 0) is 16.1 Å². The van der Waals surface area contributed by atoms with E-state index in [-0.39, 0.29) is 11.9 Å². The third kappa shape index (κ3) is 4.69. The second-order valence-corrected chi connectivity index (χ2v) is 5.01. The third-order valence-corrected chi connectivity index (χ3v) is 3.38. The summed E-state index contributed by atoms with van der Waals surface area (Å²) in [7, 11) is 0. The fraction of sp³-hybridized carbons (Fsp3) is 0.643. The molecular weight excluding hydrogens is 244 g/mol. The van der Waals surface area contributed by atoms with Gasteiger partial charge >= 0.3 is 0 Å². The molecule has 2 rings (SSSR count). The van der Waals surface area contributed by atoms with E-state index < -0.39 is 0 Å². The number of hydrogen-bond acceptors (Lipinski definition) is 4. The van der Waals surface area contributed by atoms with Crippen LogP contribution in [0.15, 0.2) is 22.8 Å². The number of carbonyl (C=O) groups is 1. The molecule has 106 valence electrons. The van der Waals surface area contributed by atoms with Crippen molar-refractivity contribution in [3.05, 3.63) is 24.2 Å². The second kappa shape index (κ2) is 7.31. The summed E-state index contributed by atoms with van der Waals surface area (Å²) < 4.78 is 10.6. The van der Waals surface area contributed by atoms with Gasteiger partial charge in [0.1, 0.15) is 5.76 Å². The SMILES string of the molecule is CC(NCC1CCCOC1)C(=O)NCc1ccco1. The van der Waals surface area contributed by atoms with Crippen molar-refractivity contribution in [2.45, 2.75) is 32.4 Å². The molecule has 0 spiro atoms. The predicted molar refractivity (Wildman–Crippen MR) is 71.6 cm³/mol. The molecule has 5 heteroatoms. The first kappa shape index (κ1) is 14.1. The molecule has 2 heterocycles. The third-order valence-electron chi connectivity index (χ3n) is 3.38. The summed E-state index contributed by atoms with van der Waals surface area (Å²) in [4.78, 5) is 11.9. The standard InChI is InChI=1S/C14H22N2O3/c1-11(15-8-12-4-2-6-18-10-12)14(17)16-9-13-5-3-7-19-13/h3,5,7,11-12,15H,2,4,6,8-10H2,1H3,(H,16,17). The molecule has 0 aliphatic carbocycles. The minimum Gasteiger partial charge on any atom is -0.467 e. The molecule has 1 aromatic heterocycles. The average Bonchev–Trinajstić information content (AvgIpc) is 2.96. The van der Waals surface area contributed by atoms with Gasteiger partial charge in [-0.3, -0.25) is 4.79 Å². The number of hydrogen-bond donors (Lipinski definition) is 2. The van der Waals surface area contributed by atoms with Crippen molar-refractivity contribution in [1.82, 2.24) is 10.6 Å². The number of carbonyl (C=O) groups excluding carboxylic acids is 1. The Balaban J connectivity index is 1.64. The Morgan fingerprint density at radius 2 is 2.47 bits per heavy atom. The zero-order valence-corrected chi connectivity index (χ0v) is 11.4. The molecule has 1 aromatic rings. The molecule has 2 unspecified atom stereocenters. The van der Waals surface area contributed by atoms with Crippen LogP contribution in [-0.4, -0.2) is 31.7 Å². The van der Waals surface area contributed by atoms with Gasteiger partial charge in [0.05, 0.1) is 25.5 Å². The number of nitrogens with one attached hydrogen (secondary N) is 2. The Labute approximate surface area is 113 Å². The van der Waals surface area contributed by atoms with Crippen molar-refractivity contribution < 1.29 is 13.9 Å². The molecular formula is C14H22N2O3. The van der Waals surface area contributed by atoms with Gasteiger partial charge in [0.15, 0.2) is 0 Å². The maximum atomic E-state index is 11.9. The normalized spacial score (nSPS) is 21.0. The van der Waals surface area contributed by atoms with E-state index in [9.17, 15) is 4.79 Å². The van der Waals surface area contributed by atoms with Crippen LogP contribution in [0.3, 0.4) is 0 Å². The van der Waals surface area contributed by atoms with Crippen LogP contribution in [0.2, 0.25) is 0 Å². The first-order valence-electron chi connectivity index (χ1n) is 6.87. The molecule has 19 heavy (non-hydrogen) atoms. The van der Waals surface area contributed by atoms with Crippen LogP contribution in [0.25, 0.3) is 0 Å². The van der Waals surface area contributed by atoms with Gasteiger partial charge in [-0.25, -0.2) is 0 Å². The highest BCUT2D eigenvalue weighted by Crippen LogP contribution is 2.12. The zero-order valence-electron chi connectivity index (χ0n) is 11.4. The number of furan rings is 1. The lowest BCUT2D eigenvalue weighted by Crippen LogP contribution is -2.44. The largest absolute Gasteiger partial charge is 0.467 e. The van der Waals surface area contributed by atoms with Gasteiger partial charge in [-0.15, -0.1) is 0 Å². The van der Waals surface area contributed by atoms with E-state index in [1.165, 1.54) is 6.42 Å². The fourth-order valence-corrected chi connectivity index (χ4v) is 2.15. The minimum absolute atomic E-state index is 0.00636. The van der Waals surface area contributed by atoms with Crippen LogP contribution in [0.1, 0.15) is 25.5 Å². The average molecular weight is 266 g/mol. The van der Waals surface area contributed by atoms with E-state index in [0.717, 1.165) is 31.9 Å². The summed E-state index contributed by atoms with van der Waals surface area (Å²) in [5.41, 5.74) is 0. The van der Waals surface area contributed by atoms with Crippen molar-refractivity contribution in [3.8, 4) is 0 Å². The molecule has 2 atom stereocenters. The van der Waals surface area contributed by atoms with Crippen molar-refractivity contribution in [2.75, 3.05) is 19.8 Å². The second-order valence-electron chi connectivity index (χ2n) is 5.01. The molecule has 5 nitrogen and oxygen atoms in total. The lowest BCUT2D eigenvalue weighted by atomic mass is 10.0. The quantitative estimate of drug-likeness (QED) is 0.814. The summed E-state index contributed by atoms with van der Waals surface area (Å²) in [6, 6.07) is 3.46. The van der Waals surface area contributed by atoms with Gasteiger partial charge in [-0.1, -0.05) is 0 Å². The lowest BCUT2D eigenvalue weighted by Gasteiger charge is -2.24. The number of ether oxygens (including phenoxy) is 1. The van der Waals surface area contributed by atoms with Crippen LogP contribution in [0, 0.1) is 5.92 Å². The summed E-state index contributed by atoms with van der Waals surface area (Å²) >= 11 is 0. The highest BCUT2D eigenvalue weighted by molar-refractivity contribution is 5.81. The van der Waals surface area contributed by atoms with Gasteiger partial charge in [0.2, 0.25) is 5.91 Å². The maximum absolute atomic E-state index is 11.9. The van der Waals surface area contributed by atoms with Crippen molar-refractivity contribution in [3.63, 3.8) is 0 Å². The number of amides is 1. The fourth-order valence-electron chi connectivity index (χ4n) is 2.15. The highest BCUT2D eigenvalue weighted by Gasteiger charge is 2.17. The van der Waals surface area contributed by atoms with Crippen molar-refractivity contribution >= 4 is 5.91 Å². The molecule has 2 N–H and O–H groups in total. The van der Waals surface area contributed by atoms with E-state index in [0.29, 0.717) is 12.5 Å². The monoisotopic (exact) mass is 266 g/mol. The van der Waals surface area contributed by atoms with E-state index in [2.05, 4.69) is 10.6 Å². The van der Waals surface area contributed by atoms with E-state index >= 15 is 0 Å². The molecule has 1 aliphatic rings. The summed E-state index contributed by atoms with van der Waals surface area (Å²) in [6.45, 7) is 4.81. The Morgan fingerprint density at radius 3 is 3.16 bits per heavy atom. The first-order chi connectivity index (χ1) is 9.25. The first-order valence-corrected chi connectivity index (χ1v) is 6.87. The number of rotatable bonds is 6. The Morgan fingerprint density at radius 1 is 1.58 bits per heavy atom. The Kier molecular flexibility index (Phi) is 5.42.